The van der Waals surface area contributed by atoms with Crippen molar-refractivity contribution < 1.29 is 24.1 Å². The third-order valence-corrected chi connectivity index (χ3v) is 5.35. The lowest BCUT2D eigenvalue weighted by atomic mass is 10.1. The smallest absolute Gasteiger partial charge is 0.271 e. The molecule has 0 aliphatic carbocycles. The van der Waals surface area contributed by atoms with Crippen LogP contribution in [0.3, 0.4) is 0 Å². The van der Waals surface area contributed by atoms with Gasteiger partial charge in [-0.25, -0.2) is 4.98 Å². The maximum absolute atomic E-state index is 11.8. The molecule has 4 atom stereocenters. The van der Waals surface area contributed by atoms with Gasteiger partial charge in [-0.3, -0.25) is 9.36 Å². The average Bonchev–Trinajstić information content (AvgIpc) is 3.30. The lowest BCUT2D eigenvalue weighted by molar-refractivity contribution is -0.199. The maximum atomic E-state index is 11.8. The Morgan fingerprint density at radius 3 is 2.77 bits per heavy atom. The van der Waals surface area contributed by atoms with E-state index in [0.717, 1.165) is 4.88 Å². The molecule has 4 heterocycles. The van der Waals surface area contributed by atoms with Crippen LogP contribution in [0.1, 0.15) is 30.6 Å². The van der Waals surface area contributed by atoms with Crippen molar-refractivity contribution in [1.29, 1.82) is 0 Å². The molecule has 4 rings (SSSR count). The largest absolute Gasteiger partial charge is 0.394 e. The number of ether oxygens (including phenoxy) is 3. The van der Waals surface area contributed by atoms with E-state index in [9.17, 15) is 9.90 Å². The van der Waals surface area contributed by atoms with Crippen LogP contribution in [0.5, 0.6) is 0 Å². The number of carbonyl (C=O) groups excluding carboxylic acids is 1. The van der Waals surface area contributed by atoms with Gasteiger partial charge in [0.05, 0.1) is 11.5 Å². The number of fused-ring (bicyclic) bond motifs is 1. The van der Waals surface area contributed by atoms with Gasteiger partial charge in [-0.2, -0.15) is 0 Å². The number of amides is 1. The molecule has 2 fully saturated rings. The normalized spacial score (nSPS) is 29.8. The van der Waals surface area contributed by atoms with Crippen LogP contribution < -0.4 is 11.5 Å². The molecule has 1 amide bonds. The van der Waals surface area contributed by atoms with Crippen molar-refractivity contribution in [2.75, 3.05) is 12.3 Å². The third kappa shape index (κ3) is 2.61. The zero-order chi connectivity index (χ0) is 18.6. The predicted octanol–water partition coefficient (Wildman–Crippen LogP) is 0.703. The van der Waals surface area contributed by atoms with Gasteiger partial charge < -0.3 is 30.8 Å². The number of hydrogen-bond acceptors (Lipinski definition) is 8. The summed E-state index contributed by atoms with van der Waals surface area (Å²) < 4.78 is 19.4. The second-order valence-corrected chi connectivity index (χ2v) is 7.64. The Hall–Kier alpha value is -1.98. The van der Waals surface area contributed by atoms with Gasteiger partial charge in [0.15, 0.2) is 23.5 Å². The number of aromatic nitrogens is 2. The van der Waals surface area contributed by atoms with Crippen molar-refractivity contribution in [2.45, 2.75) is 44.2 Å². The second kappa shape index (κ2) is 6.03. The minimum Gasteiger partial charge on any atom is -0.394 e. The van der Waals surface area contributed by atoms with Crippen LogP contribution in [0.4, 0.5) is 5.82 Å². The zero-order valence-electron chi connectivity index (χ0n) is 14.3. The van der Waals surface area contributed by atoms with E-state index >= 15 is 0 Å². The van der Waals surface area contributed by atoms with Gasteiger partial charge in [0.2, 0.25) is 0 Å². The Morgan fingerprint density at radius 2 is 2.15 bits per heavy atom. The summed E-state index contributed by atoms with van der Waals surface area (Å²) in [7, 11) is 0. The number of aliphatic hydroxyl groups is 1. The van der Waals surface area contributed by atoms with Crippen LogP contribution in [-0.2, 0) is 14.2 Å². The van der Waals surface area contributed by atoms with Gasteiger partial charge in [0, 0.05) is 0 Å². The number of nitrogen functional groups attached to an aromatic ring is 1. The van der Waals surface area contributed by atoms with E-state index in [4.69, 9.17) is 25.7 Å². The van der Waals surface area contributed by atoms with E-state index in [1.54, 1.807) is 18.4 Å². The fourth-order valence-electron chi connectivity index (χ4n) is 3.48. The molecule has 0 aromatic carbocycles. The molecule has 0 saturated carbocycles. The van der Waals surface area contributed by atoms with Crippen molar-refractivity contribution in [3.8, 4) is 10.7 Å². The molecular weight excluding hydrogens is 360 g/mol. The van der Waals surface area contributed by atoms with E-state index in [-0.39, 0.29) is 18.1 Å². The highest BCUT2D eigenvalue weighted by Crippen LogP contribution is 2.45. The predicted molar refractivity (Wildman–Crippen MR) is 93.3 cm³/mol. The molecule has 5 N–H and O–H groups in total. The third-order valence-electron chi connectivity index (χ3n) is 4.48. The highest BCUT2D eigenvalue weighted by molar-refractivity contribution is 7.13. The molecule has 2 aromatic heterocycles. The second-order valence-electron chi connectivity index (χ2n) is 6.69. The number of imidazole rings is 1. The fraction of sp³-hybridized carbons (Fsp3) is 0.500. The minimum absolute atomic E-state index is 0.0285. The van der Waals surface area contributed by atoms with Crippen molar-refractivity contribution >= 4 is 23.1 Å². The van der Waals surface area contributed by atoms with Crippen molar-refractivity contribution in [3.05, 3.63) is 23.2 Å². The Kier molecular flexibility index (Phi) is 4.04. The Bertz CT molecular complexity index is 834. The number of nitrogens with two attached hydrogens (primary N) is 2. The molecular formula is C16H20N4O5S. The minimum atomic E-state index is -0.824. The van der Waals surface area contributed by atoms with Gasteiger partial charge in [0.1, 0.15) is 24.1 Å². The number of aliphatic hydroxyl groups excluding tert-OH is 1. The van der Waals surface area contributed by atoms with Gasteiger partial charge in [-0.05, 0) is 25.3 Å². The van der Waals surface area contributed by atoms with Crippen LogP contribution in [0.15, 0.2) is 17.5 Å². The molecule has 0 bridgehead atoms. The first-order chi connectivity index (χ1) is 12.3. The summed E-state index contributed by atoms with van der Waals surface area (Å²) in [5.41, 5.74) is 11.6. The molecule has 0 unspecified atom stereocenters. The molecule has 2 aliphatic heterocycles. The molecule has 140 valence electrons. The number of rotatable bonds is 4. The number of primary amides is 1. The molecule has 9 nitrogen and oxygen atoms in total. The fourth-order valence-corrected chi connectivity index (χ4v) is 4.19. The summed E-state index contributed by atoms with van der Waals surface area (Å²) in [6, 6.07) is 3.73. The number of nitrogens with zero attached hydrogens (tertiary/aromatic N) is 2. The van der Waals surface area contributed by atoms with E-state index in [2.05, 4.69) is 4.98 Å². The standard InChI is InChI=1S/C16H20N4O5S/c1-16(2)24-10-7(6-21)23-15(11(10)25-16)20-12(17)9(13(18)22)19-14(20)8-4-3-5-26-8/h3-5,7,10-11,15,21H,6,17H2,1-2H3,(H2,18,22)/t7-,10-,11-,15-/m1/s1. The van der Waals surface area contributed by atoms with Crippen molar-refractivity contribution in [2.24, 2.45) is 5.73 Å². The SMILES string of the molecule is CC1(C)O[C@@H]2[C@H](O1)[C@@H](CO)O[C@H]2n1c(-c2cccs2)nc(C(N)=O)c1N. The lowest BCUT2D eigenvalue weighted by Crippen LogP contribution is -2.31. The number of carbonyl (C=O) groups is 1. The average molecular weight is 380 g/mol. The van der Waals surface area contributed by atoms with Crippen molar-refractivity contribution in [3.63, 3.8) is 0 Å². The summed E-state index contributed by atoms with van der Waals surface area (Å²) >= 11 is 1.45. The summed E-state index contributed by atoms with van der Waals surface area (Å²) in [5, 5.41) is 11.6. The Balaban J connectivity index is 1.83. The number of thiophene rings is 1. The Morgan fingerprint density at radius 1 is 1.42 bits per heavy atom. The maximum Gasteiger partial charge on any atom is 0.271 e. The van der Waals surface area contributed by atoms with Gasteiger partial charge >= 0.3 is 0 Å². The highest BCUT2D eigenvalue weighted by atomic mass is 32.1. The van der Waals surface area contributed by atoms with Crippen LogP contribution in [0.2, 0.25) is 0 Å². The van der Waals surface area contributed by atoms with Crippen LogP contribution in [-0.4, -0.2) is 51.3 Å². The first kappa shape index (κ1) is 17.4. The molecule has 0 spiro atoms. The summed E-state index contributed by atoms with van der Waals surface area (Å²) in [6.07, 6.45) is -2.27. The molecule has 2 aliphatic rings. The number of hydrogen-bond donors (Lipinski definition) is 3. The molecule has 10 heteroatoms. The first-order valence-electron chi connectivity index (χ1n) is 8.15. The summed E-state index contributed by atoms with van der Waals surface area (Å²) in [6.45, 7) is 3.36. The first-order valence-corrected chi connectivity index (χ1v) is 9.03. The van der Waals surface area contributed by atoms with Crippen LogP contribution in [0.25, 0.3) is 10.7 Å². The topological polar surface area (TPSA) is 135 Å². The van der Waals surface area contributed by atoms with E-state index in [0.29, 0.717) is 5.82 Å². The zero-order valence-corrected chi connectivity index (χ0v) is 15.1. The quantitative estimate of drug-likeness (QED) is 0.710. The van der Waals surface area contributed by atoms with Crippen LogP contribution >= 0.6 is 11.3 Å². The molecule has 2 saturated heterocycles. The molecule has 0 radical (unpaired) electrons. The van der Waals surface area contributed by atoms with E-state index < -0.39 is 36.2 Å². The van der Waals surface area contributed by atoms with E-state index in [1.807, 2.05) is 17.5 Å². The molecule has 2 aromatic rings. The Labute approximate surface area is 153 Å². The lowest BCUT2D eigenvalue weighted by Gasteiger charge is -2.25. The molecule has 26 heavy (non-hydrogen) atoms. The highest BCUT2D eigenvalue weighted by Gasteiger charge is 2.56. The number of anilines is 1. The van der Waals surface area contributed by atoms with Gasteiger partial charge in [-0.15, -0.1) is 11.3 Å². The van der Waals surface area contributed by atoms with Gasteiger partial charge in [0.25, 0.3) is 5.91 Å². The summed E-state index contributed by atoms with van der Waals surface area (Å²) in [4.78, 5) is 16.9. The van der Waals surface area contributed by atoms with Crippen molar-refractivity contribution in [1.82, 2.24) is 9.55 Å². The van der Waals surface area contributed by atoms with Gasteiger partial charge in [-0.1, -0.05) is 6.07 Å². The monoisotopic (exact) mass is 380 g/mol. The van der Waals surface area contributed by atoms with E-state index in [1.165, 1.54) is 11.3 Å². The summed E-state index contributed by atoms with van der Waals surface area (Å²) in [5.74, 6) is -0.995. The van der Waals surface area contributed by atoms with Crippen LogP contribution in [0, 0.1) is 0 Å².